The molecular weight excluding hydrogens is 209 g/mol. The van der Waals surface area contributed by atoms with Gasteiger partial charge in [-0.15, -0.1) is 0 Å². The van der Waals surface area contributed by atoms with Crippen molar-refractivity contribution in [2.75, 3.05) is 19.0 Å². The summed E-state index contributed by atoms with van der Waals surface area (Å²) in [5, 5.41) is 20.6. The average Bonchev–Trinajstić information content (AvgIpc) is 2.21. The molecular formula is C10H14BNO4. The molecule has 0 heterocycles. The molecule has 0 aliphatic rings. The van der Waals surface area contributed by atoms with Gasteiger partial charge in [0.1, 0.15) is 6.61 Å². The molecule has 1 aromatic carbocycles. The second-order valence-electron chi connectivity index (χ2n) is 3.43. The van der Waals surface area contributed by atoms with Crippen molar-refractivity contribution in [3.63, 3.8) is 0 Å². The molecule has 0 spiro atoms. The maximum atomic E-state index is 11.2. The van der Waals surface area contributed by atoms with E-state index in [1.54, 1.807) is 25.1 Å². The highest BCUT2D eigenvalue weighted by molar-refractivity contribution is 6.58. The molecule has 6 heteroatoms. The van der Waals surface area contributed by atoms with Crippen LogP contribution in [0.4, 0.5) is 5.69 Å². The van der Waals surface area contributed by atoms with Gasteiger partial charge < -0.3 is 20.1 Å². The zero-order valence-corrected chi connectivity index (χ0v) is 9.23. The molecule has 86 valence electrons. The van der Waals surface area contributed by atoms with Crippen LogP contribution >= 0.6 is 0 Å². The van der Waals surface area contributed by atoms with Crippen LogP contribution in [0.5, 0.6) is 0 Å². The van der Waals surface area contributed by atoms with Crippen LogP contribution < -0.4 is 10.8 Å². The van der Waals surface area contributed by atoms with Crippen LogP contribution in [-0.2, 0) is 9.53 Å². The van der Waals surface area contributed by atoms with Crippen molar-refractivity contribution >= 4 is 24.2 Å². The summed E-state index contributed by atoms with van der Waals surface area (Å²) in [4.78, 5) is 11.2. The van der Waals surface area contributed by atoms with E-state index in [0.29, 0.717) is 11.2 Å². The van der Waals surface area contributed by atoms with E-state index in [9.17, 15) is 4.79 Å². The molecule has 0 bridgehead atoms. The number of hydrogen-bond donors (Lipinski definition) is 3. The zero-order chi connectivity index (χ0) is 12.1. The molecule has 5 nitrogen and oxygen atoms in total. The molecule has 0 atom stereocenters. The van der Waals surface area contributed by atoms with Gasteiger partial charge in [-0.2, -0.15) is 0 Å². The van der Waals surface area contributed by atoms with Crippen molar-refractivity contribution in [2.24, 2.45) is 0 Å². The van der Waals surface area contributed by atoms with Crippen molar-refractivity contribution in [1.29, 1.82) is 0 Å². The fraction of sp³-hybridized carbons (Fsp3) is 0.300. The van der Waals surface area contributed by atoms with Crippen LogP contribution in [0.25, 0.3) is 0 Å². The van der Waals surface area contributed by atoms with E-state index in [1.165, 1.54) is 7.11 Å². The van der Waals surface area contributed by atoms with Crippen LogP contribution in [0, 0.1) is 6.92 Å². The fourth-order valence-corrected chi connectivity index (χ4v) is 1.31. The number of ether oxygens (including phenoxy) is 1. The molecule has 0 saturated carbocycles. The van der Waals surface area contributed by atoms with Crippen molar-refractivity contribution in [2.45, 2.75) is 6.92 Å². The second kappa shape index (κ2) is 5.65. The number of carbonyl (C=O) groups excluding carboxylic acids is 1. The van der Waals surface area contributed by atoms with Gasteiger partial charge in [-0.05, 0) is 24.0 Å². The molecule has 1 aromatic rings. The molecule has 0 aromatic heterocycles. The predicted octanol–water partition coefficient (Wildman–Crippen LogP) is -0.740. The zero-order valence-electron chi connectivity index (χ0n) is 9.23. The number of amides is 1. The Hall–Kier alpha value is -1.37. The van der Waals surface area contributed by atoms with Gasteiger partial charge in [0.2, 0.25) is 5.91 Å². The lowest BCUT2D eigenvalue weighted by Gasteiger charge is -2.09. The van der Waals surface area contributed by atoms with Gasteiger partial charge in [0, 0.05) is 12.8 Å². The Morgan fingerprint density at radius 2 is 2.19 bits per heavy atom. The Morgan fingerprint density at radius 1 is 1.50 bits per heavy atom. The third kappa shape index (κ3) is 3.34. The summed E-state index contributed by atoms with van der Waals surface area (Å²) in [5.74, 6) is -0.247. The second-order valence-corrected chi connectivity index (χ2v) is 3.43. The highest BCUT2D eigenvalue weighted by Crippen LogP contribution is 2.12. The Labute approximate surface area is 94.2 Å². The van der Waals surface area contributed by atoms with E-state index in [-0.39, 0.29) is 12.5 Å². The number of methoxy groups -OCH3 is 1. The smallest absolute Gasteiger partial charge is 0.423 e. The predicted molar refractivity (Wildman–Crippen MR) is 61.5 cm³/mol. The Bertz CT molecular complexity index is 381. The van der Waals surface area contributed by atoms with Gasteiger partial charge >= 0.3 is 7.12 Å². The first-order valence-electron chi connectivity index (χ1n) is 4.80. The van der Waals surface area contributed by atoms with Crippen LogP contribution in [0.1, 0.15) is 5.56 Å². The number of carbonyl (C=O) groups is 1. The van der Waals surface area contributed by atoms with Crippen LogP contribution in [0.2, 0.25) is 0 Å². The summed E-state index contributed by atoms with van der Waals surface area (Å²) >= 11 is 0. The van der Waals surface area contributed by atoms with Crippen molar-refractivity contribution in [1.82, 2.24) is 0 Å². The lowest BCUT2D eigenvalue weighted by molar-refractivity contribution is -0.119. The minimum atomic E-state index is -1.50. The number of rotatable bonds is 4. The van der Waals surface area contributed by atoms with Gasteiger partial charge in [0.15, 0.2) is 0 Å². The monoisotopic (exact) mass is 223 g/mol. The number of nitrogens with one attached hydrogen (secondary N) is 1. The van der Waals surface area contributed by atoms with E-state index < -0.39 is 7.12 Å². The summed E-state index contributed by atoms with van der Waals surface area (Å²) in [6, 6.07) is 4.77. The van der Waals surface area contributed by atoms with E-state index in [1.807, 2.05) is 0 Å². The molecule has 3 N–H and O–H groups in total. The lowest BCUT2D eigenvalue weighted by atomic mass is 9.79. The third-order valence-corrected chi connectivity index (χ3v) is 2.10. The van der Waals surface area contributed by atoms with Crippen molar-refractivity contribution in [3.05, 3.63) is 23.8 Å². The Kier molecular flexibility index (Phi) is 4.48. The Balaban J connectivity index is 2.79. The van der Waals surface area contributed by atoms with E-state index in [2.05, 4.69) is 10.1 Å². The summed E-state index contributed by atoms with van der Waals surface area (Å²) < 4.78 is 4.69. The van der Waals surface area contributed by atoms with Gasteiger partial charge in [0.05, 0.1) is 0 Å². The van der Waals surface area contributed by atoms with E-state index in [0.717, 1.165) is 5.56 Å². The molecule has 0 aliphatic heterocycles. The average molecular weight is 223 g/mol. The first kappa shape index (κ1) is 12.7. The summed E-state index contributed by atoms with van der Waals surface area (Å²) in [7, 11) is -0.0556. The lowest BCUT2D eigenvalue weighted by Crippen LogP contribution is -2.30. The van der Waals surface area contributed by atoms with Crippen molar-refractivity contribution < 1.29 is 19.6 Å². The normalized spacial score (nSPS) is 10.0. The number of hydrogen-bond acceptors (Lipinski definition) is 4. The minimum Gasteiger partial charge on any atom is -0.423 e. The first-order valence-corrected chi connectivity index (χ1v) is 4.80. The molecule has 0 radical (unpaired) electrons. The Morgan fingerprint density at radius 3 is 2.69 bits per heavy atom. The highest BCUT2D eigenvalue weighted by Gasteiger charge is 2.12. The van der Waals surface area contributed by atoms with Crippen LogP contribution in [0.3, 0.4) is 0 Å². The molecule has 0 unspecified atom stereocenters. The summed E-state index contributed by atoms with van der Waals surface area (Å²) in [6.07, 6.45) is 0. The van der Waals surface area contributed by atoms with Crippen LogP contribution in [0.15, 0.2) is 18.2 Å². The molecule has 0 aliphatic carbocycles. The molecule has 1 amide bonds. The largest absolute Gasteiger partial charge is 0.488 e. The van der Waals surface area contributed by atoms with Crippen molar-refractivity contribution in [3.8, 4) is 0 Å². The SMILES string of the molecule is COCC(=O)Nc1ccc(B(O)O)cc1C. The minimum absolute atomic E-state index is 0.0101. The molecule has 0 saturated heterocycles. The van der Waals surface area contributed by atoms with Gasteiger partial charge in [-0.25, -0.2) is 0 Å². The highest BCUT2D eigenvalue weighted by atomic mass is 16.5. The number of benzene rings is 1. The van der Waals surface area contributed by atoms with Crippen LogP contribution in [-0.4, -0.2) is 36.8 Å². The summed E-state index contributed by atoms with van der Waals surface area (Å²) in [5.41, 5.74) is 1.78. The van der Waals surface area contributed by atoms with Gasteiger partial charge in [0.25, 0.3) is 0 Å². The molecule has 16 heavy (non-hydrogen) atoms. The third-order valence-electron chi connectivity index (χ3n) is 2.10. The first-order chi connectivity index (χ1) is 7.54. The summed E-state index contributed by atoms with van der Waals surface area (Å²) in [6.45, 7) is 1.76. The van der Waals surface area contributed by atoms with E-state index >= 15 is 0 Å². The van der Waals surface area contributed by atoms with E-state index in [4.69, 9.17) is 10.0 Å². The van der Waals surface area contributed by atoms with Gasteiger partial charge in [-0.3, -0.25) is 4.79 Å². The standard InChI is InChI=1S/C10H14BNO4/c1-7-5-8(11(14)15)3-4-9(7)12-10(13)6-16-2/h3-5,14-15H,6H2,1-2H3,(H,12,13). The maximum absolute atomic E-state index is 11.2. The molecule has 1 rings (SSSR count). The number of anilines is 1. The van der Waals surface area contributed by atoms with Gasteiger partial charge in [-0.1, -0.05) is 12.1 Å². The fourth-order valence-electron chi connectivity index (χ4n) is 1.31. The molecule has 0 fully saturated rings. The topological polar surface area (TPSA) is 78.8 Å². The number of aryl methyl sites for hydroxylation is 1. The quantitative estimate of drug-likeness (QED) is 0.587. The maximum Gasteiger partial charge on any atom is 0.488 e.